The van der Waals surface area contributed by atoms with E-state index in [0.717, 1.165) is 0 Å². The van der Waals surface area contributed by atoms with E-state index in [1.807, 2.05) is 0 Å². The number of aryl methyl sites for hydroxylation is 1. The molecule has 60 valence electrons. The van der Waals surface area contributed by atoms with Crippen molar-refractivity contribution in [3.63, 3.8) is 0 Å². The monoisotopic (exact) mass is 166 g/mol. The standard InChI is InChI=1S/C10H15P/c1-7(2)9-5-4-8(3)10(11)6-9/h4-7H,11H2,1-3H3. The molecule has 0 aromatic heterocycles. The first kappa shape index (κ1) is 8.74. The SMILES string of the molecule is Cc1ccc(C(C)C)cc1P. The van der Waals surface area contributed by atoms with Crippen molar-refractivity contribution in [3.05, 3.63) is 29.3 Å². The van der Waals surface area contributed by atoms with Gasteiger partial charge in [0.05, 0.1) is 0 Å². The first-order valence-corrected chi connectivity index (χ1v) is 4.55. The van der Waals surface area contributed by atoms with Crippen LogP contribution in [-0.2, 0) is 0 Å². The maximum Gasteiger partial charge on any atom is -0.0219 e. The highest BCUT2D eigenvalue weighted by Crippen LogP contribution is 2.14. The second-order valence-electron chi connectivity index (χ2n) is 3.27. The van der Waals surface area contributed by atoms with E-state index in [1.54, 1.807) is 0 Å². The molecule has 11 heavy (non-hydrogen) atoms. The van der Waals surface area contributed by atoms with Crippen molar-refractivity contribution in [1.29, 1.82) is 0 Å². The van der Waals surface area contributed by atoms with Crippen LogP contribution >= 0.6 is 9.24 Å². The Kier molecular flexibility index (Phi) is 2.67. The van der Waals surface area contributed by atoms with Gasteiger partial charge in [-0.15, -0.1) is 9.24 Å². The molecule has 1 rings (SSSR count). The fraction of sp³-hybridized carbons (Fsp3) is 0.400. The van der Waals surface area contributed by atoms with Crippen molar-refractivity contribution in [1.82, 2.24) is 0 Å². The van der Waals surface area contributed by atoms with E-state index in [2.05, 4.69) is 48.2 Å². The Morgan fingerprint density at radius 1 is 1.27 bits per heavy atom. The molecule has 0 saturated carbocycles. The van der Waals surface area contributed by atoms with Gasteiger partial charge in [-0.1, -0.05) is 32.0 Å². The summed E-state index contributed by atoms with van der Waals surface area (Å²) in [6.45, 7) is 6.57. The molecular weight excluding hydrogens is 151 g/mol. The van der Waals surface area contributed by atoms with Crippen molar-refractivity contribution in [2.45, 2.75) is 26.7 Å². The molecule has 1 aromatic rings. The lowest BCUT2D eigenvalue weighted by atomic mass is 10.0. The third-order valence-electron chi connectivity index (χ3n) is 1.97. The van der Waals surface area contributed by atoms with Gasteiger partial charge >= 0.3 is 0 Å². The van der Waals surface area contributed by atoms with E-state index in [9.17, 15) is 0 Å². The second kappa shape index (κ2) is 3.36. The zero-order valence-electron chi connectivity index (χ0n) is 7.39. The average molecular weight is 166 g/mol. The highest BCUT2D eigenvalue weighted by molar-refractivity contribution is 7.27. The van der Waals surface area contributed by atoms with E-state index in [-0.39, 0.29) is 0 Å². The Bertz CT molecular complexity index is 251. The molecule has 0 N–H and O–H groups in total. The first-order valence-electron chi connectivity index (χ1n) is 3.97. The maximum absolute atomic E-state index is 2.77. The van der Waals surface area contributed by atoms with Gasteiger partial charge < -0.3 is 0 Å². The summed E-state index contributed by atoms with van der Waals surface area (Å²) >= 11 is 0. The van der Waals surface area contributed by atoms with Crippen LogP contribution in [0.2, 0.25) is 0 Å². The van der Waals surface area contributed by atoms with E-state index in [0.29, 0.717) is 5.92 Å². The van der Waals surface area contributed by atoms with Crippen LogP contribution in [0.25, 0.3) is 0 Å². The first-order chi connectivity index (χ1) is 5.11. The highest BCUT2D eigenvalue weighted by atomic mass is 31.0. The Morgan fingerprint density at radius 2 is 1.91 bits per heavy atom. The molecule has 0 amide bonds. The van der Waals surface area contributed by atoms with Gasteiger partial charge in [-0.3, -0.25) is 0 Å². The summed E-state index contributed by atoms with van der Waals surface area (Å²) in [5, 5.41) is 1.32. The minimum absolute atomic E-state index is 0.634. The van der Waals surface area contributed by atoms with E-state index in [4.69, 9.17) is 0 Å². The van der Waals surface area contributed by atoms with Crippen molar-refractivity contribution >= 4 is 14.5 Å². The topological polar surface area (TPSA) is 0 Å². The average Bonchev–Trinajstić information content (AvgIpc) is 1.94. The summed E-state index contributed by atoms with van der Waals surface area (Å²) in [5.41, 5.74) is 2.76. The summed E-state index contributed by atoms with van der Waals surface area (Å²) in [6, 6.07) is 6.62. The fourth-order valence-electron chi connectivity index (χ4n) is 1.02. The fourth-order valence-corrected chi connectivity index (χ4v) is 1.31. The molecule has 0 nitrogen and oxygen atoms in total. The van der Waals surface area contributed by atoms with Crippen LogP contribution in [0.15, 0.2) is 18.2 Å². The zero-order valence-corrected chi connectivity index (χ0v) is 8.54. The third-order valence-corrected chi connectivity index (χ3v) is 2.59. The lowest BCUT2D eigenvalue weighted by molar-refractivity contribution is 0.867. The van der Waals surface area contributed by atoms with Crippen molar-refractivity contribution in [2.75, 3.05) is 0 Å². The van der Waals surface area contributed by atoms with Crippen LogP contribution in [0.1, 0.15) is 30.9 Å². The predicted molar refractivity (Wildman–Crippen MR) is 54.6 cm³/mol. The van der Waals surface area contributed by atoms with Gasteiger partial charge in [0.1, 0.15) is 0 Å². The van der Waals surface area contributed by atoms with E-state index >= 15 is 0 Å². The maximum atomic E-state index is 2.77. The zero-order chi connectivity index (χ0) is 8.43. The highest BCUT2D eigenvalue weighted by Gasteiger charge is 1.99. The predicted octanol–water partition coefficient (Wildman–Crippen LogP) is 2.62. The molecule has 0 aliphatic rings. The van der Waals surface area contributed by atoms with Crippen molar-refractivity contribution < 1.29 is 0 Å². The van der Waals surface area contributed by atoms with Crippen LogP contribution < -0.4 is 5.30 Å². The quantitative estimate of drug-likeness (QED) is 0.562. The molecule has 0 aliphatic heterocycles. The van der Waals surface area contributed by atoms with Gasteiger partial charge in [-0.25, -0.2) is 0 Å². The minimum Gasteiger partial charge on any atom is -0.105 e. The number of rotatable bonds is 1. The van der Waals surface area contributed by atoms with Crippen LogP contribution in [0, 0.1) is 6.92 Å². The van der Waals surface area contributed by atoms with Gasteiger partial charge in [0.2, 0.25) is 0 Å². The molecule has 1 atom stereocenters. The van der Waals surface area contributed by atoms with Crippen molar-refractivity contribution in [3.8, 4) is 0 Å². The van der Waals surface area contributed by atoms with Crippen LogP contribution in [-0.4, -0.2) is 0 Å². The van der Waals surface area contributed by atoms with Gasteiger partial charge in [0.15, 0.2) is 0 Å². The lowest BCUT2D eigenvalue weighted by Crippen LogP contribution is -1.99. The van der Waals surface area contributed by atoms with Gasteiger partial charge in [0.25, 0.3) is 0 Å². The van der Waals surface area contributed by atoms with Crippen LogP contribution in [0.3, 0.4) is 0 Å². The number of hydrogen-bond acceptors (Lipinski definition) is 0. The van der Waals surface area contributed by atoms with Gasteiger partial charge in [-0.2, -0.15) is 0 Å². The molecule has 0 radical (unpaired) electrons. The third kappa shape index (κ3) is 2.04. The molecular formula is C10H15P. The van der Waals surface area contributed by atoms with E-state index in [1.165, 1.54) is 16.4 Å². The number of benzene rings is 1. The lowest BCUT2D eigenvalue weighted by Gasteiger charge is -2.07. The Balaban J connectivity index is 3.05. The molecule has 0 fully saturated rings. The smallest absolute Gasteiger partial charge is 0.0219 e. The minimum atomic E-state index is 0.634. The molecule has 0 heterocycles. The van der Waals surface area contributed by atoms with Crippen LogP contribution in [0.4, 0.5) is 0 Å². The number of hydrogen-bond donors (Lipinski definition) is 0. The molecule has 0 aliphatic carbocycles. The summed E-state index contributed by atoms with van der Waals surface area (Å²) in [6.07, 6.45) is 0. The van der Waals surface area contributed by atoms with Crippen LogP contribution in [0.5, 0.6) is 0 Å². The summed E-state index contributed by atoms with van der Waals surface area (Å²) in [4.78, 5) is 0. The van der Waals surface area contributed by atoms with E-state index < -0.39 is 0 Å². The van der Waals surface area contributed by atoms with Gasteiger partial charge in [-0.05, 0) is 29.3 Å². The Morgan fingerprint density at radius 3 is 2.36 bits per heavy atom. The molecule has 1 aromatic carbocycles. The Hall–Kier alpha value is -0.350. The van der Waals surface area contributed by atoms with Crippen molar-refractivity contribution in [2.24, 2.45) is 0 Å². The largest absolute Gasteiger partial charge is 0.105 e. The summed E-state index contributed by atoms with van der Waals surface area (Å²) < 4.78 is 0. The normalized spacial score (nSPS) is 10.6. The Labute approximate surface area is 71.2 Å². The molecule has 0 spiro atoms. The molecule has 1 heteroatoms. The summed E-state index contributed by atoms with van der Waals surface area (Å²) in [7, 11) is 2.77. The summed E-state index contributed by atoms with van der Waals surface area (Å²) in [5.74, 6) is 0.634. The second-order valence-corrected chi connectivity index (χ2v) is 3.89. The molecule has 0 saturated heterocycles. The molecule has 1 unspecified atom stereocenters. The molecule has 0 bridgehead atoms. The van der Waals surface area contributed by atoms with Gasteiger partial charge in [0, 0.05) is 0 Å².